The molecule has 0 bridgehead atoms. The number of anilines is 2. The summed E-state index contributed by atoms with van der Waals surface area (Å²) in [6, 6.07) is 8.66. The molecule has 0 aliphatic carbocycles. The third-order valence-electron chi connectivity index (χ3n) is 3.07. The molecule has 0 aliphatic rings. The maximum absolute atomic E-state index is 5.08. The van der Waals surface area contributed by atoms with Crippen LogP contribution >= 0.6 is 0 Å². The third kappa shape index (κ3) is 4.30. The predicted molar refractivity (Wildman–Crippen MR) is 83.9 cm³/mol. The Morgan fingerprint density at radius 1 is 1.05 bits per heavy atom. The molecule has 1 aromatic heterocycles. The number of hydrogen-bond donors (Lipinski definition) is 2. The molecule has 1 heterocycles. The SMILES string of the molecule is CCNc1nc(NCCc2ccccc2C)nc(OC)n1. The van der Waals surface area contributed by atoms with Crippen LogP contribution in [0.3, 0.4) is 0 Å². The van der Waals surface area contributed by atoms with Crippen molar-refractivity contribution in [3.05, 3.63) is 35.4 Å². The first-order valence-corrected chi connectivity index (χ1v) is 7.05. The third-order valence-corrected chi connectivity index (χ3v) is 3.07. The Hall–Kier alpha value is -2.37. The van der Waals surface area contributed by atoms with Gasteiger partial charge in [-0.25, -0.2) is 0 Å². The van der Waals surface area contributed by atoms with Crippen molar-refractivity contribution in [1.82, 2.24) is 15.0 Å². The maximum Gasteiger partial charge on any atom is 0.322 e. The van der Waals surface area contributed by atoms with Crippen LogP contribution in [0.1, 0.15) is 18.1 Å². The van der Waals surface area contributed by atoms with E-state index in [-0.39, 0.29) is 0 Å². The second-order valence-corrected chi connectivity index (χ2v) is 4.60. The van der Waals surface area contributed by atoms with Crippen LogP contribution in [0, 0.1) is 6.92 Å². The molecule has 0 saturated heterocycles. The quantitative estimate of drug-likeness (QED) is 0.814. The molecule has 112 valence electrons. The second-order valence-electron chi connectivity index (χ2n) is 4.60. The molecular formula is C15H21N5O. The van der Waals surface area contributed by atoms with Crippen molar-refractivity contribution in [3.8, 4) is 6.01 Å². The molecule has 2 aromatic rings. The molecule has 0 spiro atoms. The lowest BCUT2D eigenvalue weighted by Crippen LogP contribution is -2.12. The molecule has 0 atom stereocenters. The van der Waals surface area contributed by atoms with Gasteiger partial charge < -0.3 is 15.4 Å². The largest absolute Gasteiger partial charge is 0.467 e. The maximum atomic E-state index is 5.08. The van der Waals surface area contributed by atoms with Crippen LogP contribution in [-0.2, 0) is 6.42 Å². The average molecular weight is 287 g/mol. The van der Waals surface area contributed by atoms with Gasteiger partial charge >= 0.3 is 6.01 Å². The van der Waals surface area contributed by atoms with E-state index >= 15 is 0 Å². The Morgan fingerprint density at radius 3 is 2.43 bits per heavy atom. The summed E-state index contributed by atoms with van der Waals surface area (Å²) in [6.45, 7) is 5.60. The van der Waals surface area contributed by atoms with Gasteiger partial charge in [0.25, 0.3) is 0 Å². The molecule has 6 nitrogen and oxygen atoms in total. The van der Waals surface area contributed by atoms with E-state index in [4.69, 9.17) is 4.74 Å². The minimum atomic E-state index is 0.305. The minimum absolute atomic E-state index is 0.305. The summed E-state index contributed by atoms with van der Waals surface area (Å²) in [6.07, 6.45) is 0.914. The Bertz CT molecular complexity index is 588. The van der Waals surface area contributed by atoms with Crippen LogP contribution in [0.15, 0.2) is 24.3 Å². The highest BCUT2D eigenvalue weighted by Crippen LogP contribution is 2.11. The molecule has 0 aliphatic heterocycles. The summed E-state index contributed by atoms with van der Waals surface area (Å²) >= 11 is 0. The second kappa shape index (κ2) is 7.42. The van der Waals surface area contributed by atoms with Gasteiger partial charge in [0.1, 0.15) is 0 Å². The van der Waals surface area contributed by atoms with Crippen molar-refractivity contribution in [2.45, 2.75) is 20.3 Å². The van der Waals surface area contributed by atoms with Gasteiger partial charge in [0.15, 0.2) is 0 Å². The zero-order valence-corrected chi connectivity index (χ0v) is 12.7. The fourth-order valence-corrected chi connectivity index (χ4v) is 1.96. The van der Waals surface area contributed by atoms with Crippen LogP contribution in [0.25, 0.3) is 0 Å². The average Bonchev–Trinajstić information content (AvgIpc) is 2.49. The highest BCUT2D eigenvalue weighted by molar-refractivity contribution is 5.36. The molecule has 0 fully saturated rings. The number of hydrogen-bond acceptors (Lipinski definition) is 6. The Kier molecular flexibility index (Phi) is 5.31. The van der Waals surface area contributed by atoms with E-state index in [2.05, 4.69) is 50.7 Å². The van der Waals surface area contributed by atoms with E-state index in [9.17, 15) is 0 Å². The number of rotatable bonds is 7. The van der Waals surface area contributed by atoms with Crippen LogP contribution in [-0.4, -0.2) is 35.2 Å². The number of methoxy groups -OCH3 is 1. The molecular weight excluding hydrogens is 266 g/mol. The van der Waals surface area contributed by atoms with E-state index < -0.39 is 0 Å². The van der Waals surface area contributed by atoms with E-state index in [1.54, 1.807) is 7.11 Å². The number of nitrogens with one attached hydrogen (secondary N) is 2. The summed E-state index contributed by atoms with van der Waals surface area (Å²) < 4.78 is 5.08. The van der Waals surface area contributed by atoms with E-state index in [1.807, 2.05) is 13.0 Å². The summed E-state index contributed by atoms with van der Waals surface area (Å²) in [5.41, 5.74) is 2.61. The van der Waals surface area contributed by atoms with Gasteiger partial charge in [-0.15, -0.1) is 0 Å². The number of nitrogens with zero attached hydrogens (tertiary/aromatic N) is 3. The van der Waals surface area contributed by atoms with Crippen molar-refractivity contribution in [1.29, 1.82) is 0 Å². The molecule has 0 saturated carbocycles. The molecule has 0 amide bonds. The van der Waals surface area contributed by atoms with Crippen LogP contribution < -0.4 is 15.4 Å². The van der Waals surface area contributed by atoms with Crippen molar-refractivity contribution in [2.75, 3.05) is 30.8 Å². The fourth-order valence-electron chi connectivity index (χ4n) is 1.96. The Balaban J connectivity index is 1.99. The van der Waals surface area contributed by atoms with Crippen molar-refractivity contribution >= 4 is 11.9 Å². The normalized spacial score (nSPS) is 10.2. The van der Waals surface area contributed by atoms with Gasteiger partial charge in [-0.2, -0.15) is 15.0 Å². The van der Waals surface area contributed by atoms with E-state index in [0.29, 0.717) is 17.9 Å². The van der Waals surface area contributed by atoms with Gasteiger partial charge in [0.2, 0.25) is 11.9 Å². The van der Waals surface area contributed by atoms with Gasteiger partial charge in [0, 0.05) is 13.1 Å². The predicted octanol–water partition coefficient (Wildman–Crippen LogP) is 2.28. The first-order valence-electron chi connectivity index (χ1n) is 7.05. The topological polar surface area (TPSA) is 72.0 Å². The number of benzene rings is 1. The first-order chi connectivity index (χ1) is 10.2. The fraction of sp³-hybridized carbons (Fsp3) is 0.400. The number of aryl methyl sites for hydroxylation is 1. The summed E-state index contributed by atoms with van der Waals surface area (Å²) in [5.74, 6) is 1.04. The van der Waals surface area contributed by atoms with E-state index in [1.165, 1.54) is 11.1 Å². The standard InChI is InChI=1S/C15H21N5O/c1-4-16-13-18-14(20-15(19-13)21-3)17-10-9-12-8-6-5-7-11(12)2/h5-8H,4,9-10H2,1-3H3,(H2,16,17,18,19,20). The van der Waals surface area contributed by atoms with Gasteiger partial charge in [0.05, 0.1) is 7.11 Å². The van der Waals surface area contributed by atoms with Gasteiger partial charge in [-0.05, 0) is 31.4 Å². The lowest BCUT2D eigenvalue weighted by molar-refractivity contribution is 0.379. The number of ether oxygens (including phenoxy) is 1. The molecule has 0 unspecified atom stereocenters. The van der Waals surface area contributed by atoms with Crippen molar-refractivity contribution in [3.63, 3.8) is 0 Å². The van der Waals surface area contributed by atoms with Crippen LogP contribution in [0.2, 0.25) is 0 Å². The smallest absolute Gasteiger partial charge is 0.322 e. The molecule has 1 aromatic carbocycles. The monoisotopic (exact) mass is 287 g/mol. The molecule has 21 heavy (non-hydrogen) atoms. The Morgan fingerprint density at radius 2 is 1.76 bits per heavy atom. The minimum Gasteiger partial charge on any atom is -0.467 e. The zero-order valence-electron chi connectivity index (χ0n) is 12.7. The molecule has 0 radical (unpaired) electrons. The number of aromatic nitrogens is 3. The van der Waals surface area contributed by atoms with E-state index in [0.717, 1.165) is 19.5 Å². The zero-order chi connectivity index (χ0) is 15.1. The summed E-state index contributed by atoms with van der Waals surface area (Å²) in [4.78, 5) is 12.6. The van der Waals surface area contributed by atoms with Crippen LogP contribution in [0.4, 0.5) is 11.9 Å². The van der Waals surface area contributed by atoms with Gasteiger partial charge in [-0.3, -0.25) is 0 Å². The summed E-state index contributed by atoms with van der Waals surface area (Å²) in [7, 11) is 1.54. The highest BCUT2D eigenvalue weighted by atomic mass is 16.5. The summed E-state index contributed by atoms with van der Waals surface area (Å²) in [5, 5.41) is 6.27. The van der Waals surface area contributed by atoms with Crippen molar-refractivity contribution < 1.29 is 4.74 Å². The molecule has 2 rings (SSSR count). The first kappa shape index (κ1) is 15.0. The Labute approximate surface area is 125 Å². The lowest BCUT2D eigenvalue weighted by Gasteiger charge is -2.09. The highest BCUT2D eigenvalue weighted by Gasteiger charge is 2.06. The van der Waals surface area contributed by atoms with Crippen LogP contribution in [0.5, 0.6) is 6.01 Å². The molecule has 6 heteroatoms. The van der Waals surface area contributed by atoms with Gasteiger partial charge in [-0.1, -0.05) is 24.3 Å². The van der Waals surface area contributed by atoms with Crippen molar-refractivity contribution in [2.24, 2.45) is 0 Å². The lowest BCUT2D eigenvalue weighted by atomic mass is 10.1. The molecule has 2 N–H and O–H groups in total.